The van der Waals surface area contributed by atoms with Crippen LogP contribution in [0.25, 0.3) is 0 Å². The molecule has 2 nitrogen and oxygen atoms in total. The number of dihydropyridines is 1. The molecule has 2 heteroatoms. The highest BCUT2D eigenvalue weighted by Gasteiger charge is 2.01. The Kier molecular flexibility index (Phi) is 2.32. The second kappa shape index (κ2) is 3.81. The van der Waals surface area contributed by atoms with Gasteiger partial charge in [0.2, 0.25) is 0 Å². The van der Waals surface area contributed by atoms with E-state index in [2.05, 4.69) is 16.7 Å². The van der Waals surface area contributed by atoms with Crippen molar-refractivity contribution in [3.8, 4) is 0 Å². The van der Waals surface area contributed by atoms with Crippen LogP contribution < -0.4 is 10.6 Å². The molecule has 66 valence electrons. The van der Waals surface area contributed by atoms with Crippen LogP contribution in [0.1, 0.15) is 0 Å². The summed E-state index contributed by atoms with van der Waals surface area (Å²) in [5.41, 5.74) is 1.12. The Morgan fingerprint density at radius 3 is 2.62 bits per heavy atom. The van der Waals surface area contributed by atoms with Crippen LogP contribution in [-0.2, 0) is 0 Å². The number of nitrogens with one attached hydrogen (secondary N) is 2. The number of para-hydroxylation sites is 1. The van der Waals surface area contributed by atoms with Gasteiger partial charge in [0.1, 0.15) is 6.17 Å². The van der Waals surface area contributed by atoms with Crippen molar-refractivity contribution in [1.29, 1.82) is 0 Å². The minimum atomic E-state index is 0.201. The predicted molar refractivity (Wildman–Crippen MR) is 55.3 cm³/mol. The molecule has 0 saturated carbocycles. The number of allylic oxidation sites excluding steroid dienone is 2. The normalized spacial score (nSPS) is 19.5. The van der Waals surface area contributed by atoms with Crippen molar-refractivity contribution < 1.29 is 0 Å². The Morgan fingerprint density at radius 2 is 1.92 bits per heavy atom. The monoisotopic (exact) mass is 172 g/mol. The lowest BCUT2D eigenvalue weighted by Crippen LogP contribution is -2.31. The number of hydrogen-bond donors (Lipinski definition) is 2. The van der Waals surface area contributed by atoms with Crippen molar-refractivity contribution in [3.63, 3.8) is 0 Å². The standard InChI is InChI=1S/C11H12N2/c1-2-6-10(7-3-1)13-11-8-4-5-9-12-11/h1-9,11-13H. The summed E-state index contributed by atoms with van der Waals surface area (Å²) in [6.07, 6.45) is 8.21. The Balaban J connectivity index is 1.99. The molecule has 1 heterocycles. The minimum absolute atomic E-state index is 0.201. The second-order valence-corrected chi connectivity index (χ2v) is 2.90. The lowest BCUT2D eigenvalue weighted by molar-refractivity contribution is 0.775. The molecule has 0 saturated heterocycles. The van der Waals surface area contributed by atoms with Crippen LogP contribution in [0.2, 0.25) is 0 Å². The third-order valence-electron chi connectivity index (χ3n) is 1.88. The van der Waals surface area contributed by atoms with E-state index in [-0.39, 0.29) is 6.17 Å². The van der Waals surface area contributed by atoms with Gasteiger partial charge < -0.3 is 10.6 Å². The Morgan fingerprint density at radius 1 is 1.08 bits per heavy atom. The molecule has 1 aromatic carbocycles. The molecule has 0 radical (unpaired) electrons. The van der Waals surface area contributed by atoms with E-state index >= 15 is 0 Å². The molecule has 13 heavy (non-hydrogen) atoms. The summed E-state index contributed by atoms with van der Waals surface area (Å²) in [4.78, 5) is 0. The van der Waals surface area contributed by atoms with E-state index in [9.17, 15) is 0 Å². The first kappa shape index (κ1) is 7.92. The Bertz CT molecular complexity index is 314. The largest absolute Gasteiger partial charge is 0.368 e. The summed E-state index contributed by atoms with van der Waals surface area (Å²) in [6.45, 7) is 0. The molecular weight excluding hydrogens is 160 g/mol. The van der Waals surface area contributed by atoms with Crippen LogP contribution in [0, 0.1) is 0 Å². The molecule has 0 amide bonds. The van der Waals surface area contributed by atoms with Crippen LogP contribution in [0.4, 0.5) is 5.69 Å². The number of benzene rings is 1. The molecule has 0 fully saturated rings. The SMILES string of the molecule is C1=CNC(Nc2ccccc2)C=C1. The van der Waals surface area contributed by atoms with Gasteiger partial charge in [-0.3, -0.25) is 0 Å². The molecule has 0 bridgehead atoms. The topological polar surface area (TPSA) is 24.1 Å². The summed E-state index contributed by atoms with van der Waals surface area (Å²) in [6, 6.07) is 10.1. The molecule has 1 aromatic rings. The lowest BCUT2D eigenvalue weighted by Gasteiger charge is -2.18. The van der Waals surface area contributed by atoms with Crippen molar-refractivity contribution in [2.75, 3.05) is 5.32 Å². The number of rotatable bonds is 2. The maximum atomic E-state index is 3.33. The average molecular weight is 172 g/mol. The minimum Gasteiger partial charge on any atom is -0.368 e. The maximum Gasteiger partial charge on any atom is 0.116 e. The first-order valence-corrected chi connectivity index (χ1v) is 4.36. The number of anilines is 1. The van der Waals surface area contributed by atoms with E-state index in [4.69, 9.17) is 0 Å². The molecule has 0 spiro atoms. The zero-order valence-electron chi connectivity index (χ0n) is 7.27. The molecule has 1 aliphatic rings. The second-order valence-electron chi connectivity index (χ2n) is 2.90. The lowest BCUT2D eigenvalue weighted by atomic mass is 10.3. The van der Waals surface area contributed by atoms with Gasteiger partial charge >= 0.3 is 0 Å². The number of hydrogen-bond acceptors (Lipinski definition) is 2. The summed E-state index contributed by atoms with van der Waals surface area (Å²) in [5, 5.41) is 6.52. The van der Waals surface area contributed by atoms with E-state index in [0.29, 0.717) is 0 Å². The van der Waals surface area contributed by atoms with E-state index in [0.717, 1.165) is 5.69 Å². The summed E-state index contributed by atoms with van der Waals surface area (Å²) in [5.74, 6) is 0. The summed E-state index contributed by atoms with van der Waals surface area (Å²) in [7, 11) is 0. The molecular formula is C11H12N2. The highest BCUT2D eigenvalue weighted by molar-refractivity contribution is 5.44. The quantitative estimate of drug-likeness (QED) is 0.713. The van der Waals surface area contributed by atoms with Gasteiger partial charge in [0.25, 0.3) is 0 Å². The van der Waals surface area contributed by atoms with Crippen LogP contribution in [-0.4, -0.2) is 6.17 Å². The van der Waals surface area contributed by atoms with Gasteiger partial charge in [-0.2, -0.15) is 0 Å². The van der Waals surface area contributed by atoms with Crippen molar-refractivity contribution in [3.05, 3.63) is 54.8 Å². The van der Waals surface area contributed by atoms with Gasteiger partial charge in [0.15, 0.2) is 0 Å². The molecule has 1 aliphatic heterocycles. The molecule has 0 aromatic heterocycles. The molecule has 1 unspecified atom stereocenters. The van der Waals surface area contributed by atoms with E-state index in [1.165, 1.54) is 0 Å². The maximum absolute atomic E-state index is 3.33. The van der Waals surface area contributed by atoms with Crippen molar-refractivity contribution in [2.24, 2.45) is 0 Å². The van der Waals surface area contributed by atoms with Gasteiger partial charge in [-0.25, -0.2) is 0 Å². The van der Waals surface area contributed by atoms with Gasteiger partial charge in [-0.15, -0.1) is 0 Å². The zero-order chi connectivity index (χ0) is 8.93. The molecule has 1 atom stereocenters. The zero-order valence-corrected chi connectivity index (χ0v) is 7.27. The van der Waals surface area contributed by atoms with Crippen molar-refractivity contribution in [2.45, 2.75) is 6.17 Å². The first-order chi connectivity index (χ1) is 6.45. The van der Waals surface area contributed by atoms with Crippen molar-refractivity contribution >= 4 is 5.69 Å². The molecule has 2 rings (SSSR count). The van der Waals surface area contributed by atoms with Gasteiger partial charge in [0, 0.05) is 5.69 Å². The van der Waals surface area contributed by atoms with E-state index in [1.807, 2.05) is 48.7 Å². The fraction of sp³-hybridized carbons (Fsp3) is 0.0909. The Hall–Kier alpha value is -1.70. The highest BCUT2D eigenvalue weighted by Crippen LogP contribution is 2.07. The smallest absolute Gasteiger partial charge is 0.116 e. The molecule has 2 N–H and O–H groups in total. The average Bonchev–Trinajstić information content (AvgIpc) is 2.21. The van der Waals surface area contributed by atoms with Crippen molar-refractivity contribution in [1.82, 2.24) is 5.32 Å². The first-order valence-electron chi connectivity index (χ1n) is 4.36. The fourth-order valence-corrected chi connectivity index (χ4v) is 1.25. The van der Waals surface area contributed by atoms with Crippen LogP contribution in [0.3, 0.4) is 0 Å². The van der Waals surface area contributed by atoms with Gasteiger partial charge in [0.05, 0.1) is 0 Å². The van der Waals surface area contributed by atoms with Gasteiger partial charge in [-0.05, 0) is 30.5 Å². The summed E-state index contributed by atoms with van der Waals surface area (Å²) < 4.78 is 0. The predicted octanol–water partition coefficient (Wildman–Crippen LogP) is 2.10. The fourth-order valence-electron chi connectivity index (χ4n) is 1.25. The van der Waals surface area contributed by atoms with E-state index in [1.54, 1.807) is 0 Å². The van der Waals surface area contributed by atoms with E-state index < -0.39 is 0 Å². The highest BCUT2D eigenvalue weighted by atomic mass is 15.1. The third-order valence-corrected chi connectivity index (χ3v) is 1.88. The Labute approximate surface area is 78.0 Å². The van der Waals surface area contributed by atoms with Crippen LogP contribution in [0.15, 0.2) is 54.8 Å². The van der Waals surface area contributed by atoms with Crippen LogP contribution >= 0.6 is 0 Å². The third kappa shape index (κ3) is 2.12. The van der Waals surface area contributed by atoms with Crippen LogP contribution in [0.5, 0.6) is 0 Å². The molecule has 0 aliphatic carbocycles. The summed E-state index contributed by atoms with van der Waals surface area (Å²) >= 11 is 0. The van der Waals surface area contributed by atoms with Gasteiger partial charge in [-0.1, -0.05) is 24.3 Å².